The van der Waals surface area contributed by atoms with E-state index in [0.717, 1.165) is 16.7 Å². The lowest BCUT2D eigenvalue weighted by molar-refractivity contribution is -0.384. The minimum absolute atomic E-state index is 0.0451. The van der Waals surface area contributed by atoms with E-state index in [4.69, 9.17) is 4.74 Å². The van der Waals surface area contributed by atoms with Gasteiger partial charge in [0.15, 0.2) is 6.61 Å². The van der Waals surface area contributed by atoms with E-state index in [0.29, 0.717) is 12.2 Å². The number of carbonyl (C=O) groups is 1. The molecule has 1 heterocycles. The van der Waals surface area contributed by atoms with Gasteiger partial charge in [0.1, 0.15) is 5.75 Å². The third-order valence-electron chi connectivity index (χ3n) is 4.42. The fourth-order valence-corrected chi connectivity index (χ4v) is 2.97. The Hall–Kier alpha value is -2.97. The zero-order valence-electron chi connectivity index (χ0n) is 15.2. The number of amides is 1. The van der Waals surface area contributed by atoms with Crippen LogP contribution in [-0.4, -0.2) is 23.6 Å². The summed E-state index contributed by atoms with van der Waals surface area (Å²) in [6.07, 6.45) is 0.278. The van der Waals surface area contributed by atoms with Gasteiger partial charge in [-0.25, -0.2) is 10.9 Å². The number of nitrogens with zero attached hydrogens (tertiary/aromatic N) is 1. The van der Waals surface area contributed by atoms with E-state index < -0.39 is 4.92 Å². The van der Waals surface area contributed by atoms with E-state index in [2.05, 4.69) is 16.2 Å². The van der Waals surface area contributed by atoms with Crippen molar-refractivity contribution < 1.29 is 14.5 Å². The maximum Gasteiger partial charge on any atom is 0.269 e. The molecule has 2 aromatic carbocycles. The molecule has 0 radical (unpaired) electrons. The molecule has 1 aliphatic rings. The molecule has 1 aliphatic heterocycles. The Bertz CT molecular complexity index is 855. The third-order valence-corrected chi connectivity index (χ3v) is 4.42. The lowest BCUT2D eigenvalue weighted by Crippen LogP contribution is -2.45. The van der Waals surface area contributed by atoms with Crippen molar-refractivity contribution in [1.82, 2.24) is 16.2 Å². The van der Waals surface area contributed by atoms with Crippen molar-refractivity contribution in [2.75, 3.05) is 6.61 Å². The molecule has 0 saturated carbocycles. The van der Waals surface area contributed by atoms with Gasteiger partial charge in [0.25, 0.3) is 11.6 Å². The van der Waals surface area contributed by atoms with Crippen LogP contribution in [0.1, 0.15) is 29.2 Å². The van der Waals surface area contributed by atoms with Crippen LogP contribution in [0.4, 0.5) is 5.69 Å². The SMILES string of the molecule is Cc1ccc(C)c(OCC(=O)NC2CC(c3cccc([N+](=O)[O-])c3)NN2)c1. The lowest BCUT2D eigenvalue weighted by atomic mass is 10.0. The third kappa shape index (κ3) is 4.81. The fourth-order valence-electron chi connectivity index (χ4n) is 2.97. The molecule has 0 aromatic heterocycles. The molecular formula is C19H22N4O4. The summed E-state index contributed by atoms with van der Waals surface area (Å²) in [6.45, 7) is 3.82. The second kappa shape index (κ2) is 8.15. The van der Waals surface area contributed by atoms with Crippen molar-refractivity contribution in [2.45, 2.75) is 32.5 Å². The van der Waals surface area contributed by atoms with Gasteiger partial charge in [0.2, 0.25) is 0 Å². The first-order chi connectivity index (χ1) is 12.9. The summed E-state index contributed by atoms with van der Waals surface area (Å²) >= 11 is 0. The normalized spacial score (nSPS) is 18.9. The number of hydrogen-bond donors (Lipinski definition) is 3. The van der Waals surface area contributed by atoms with E-state index in [1.54, 1.807) is 6.07 Å². The fraction of sp³-hybridized carbons (Fsp3) is 0.316. The van der Waals surface area contributed by atoms with Gasteiger partial charge in [-0.05, 0) is 36.6 Å². The number of hydrazine groups is 1. The average molecular weight is 370 g/mol. The Kier molecular flexibility index (Phi) is 5.68. The maximum atomic E-state index is 12.2. The second-order valence-corrected chi connectivity index (χ2v) is 6.61. The molecule has 2 aromatic rings. The van der Waals surface area contributed by atoms with Crippen molar-refractivity contribution in [3.63, 3.8) is 0 Å². The summed E-state index contributed by atoms with van der Waals surface area (Å²) in [5.41, 5.74) is 8.93. The van der Waals surface area contributed by atoms with Crippen molar-refractivity contribution in [2.24, 2.45) is 0 Å². The second-order valence-electron chi connectivity index (χ2n) is 6.61. The summed E-state index contributed by atoms with van der Waals surface area (Å²) in [5.74, 6) is 0.451. The Labute approximate surface area is 157 Å². The molecule has 8 heteroatoms. The van der Waals surface area contributed by atoms with Gasteiger partial charge in [-0.15, -0.1) is 0 Å². The maximum absolute atomic E-state index is 12.2. The van der Waals surface area contributed by atoms with Gasteiger partial charge in [-0.2, -0.15) is 0 Å². The van der Waals surface area contributed by atoms with Crippen LogP contribution in [0.25, 0.3) is 0 Å². The molecule has 3 rings (SSSR count). The van der Waals surface area contributed by atoms with Crippen molar-refractivity contribution in [3.05, 3.63) is 69.3 Å². The van der Waals surface area contributed by atoms with Gasteiger partial charge in [0.05, 0.1) is 11.1 Å². The van der Waals surface area contributed by atoms with Gasteiger partial charge in [-0.1, -0.05) is 24.3 Å². The first-order valence-electron chi connectivity index (χ1n) is 8.67. The highest BCUT2D eigenvalue weighted by Gasteiger charge is 2.27. The summed E-state index contributed by atoms with van der Waals surface area (Å²) in [6, 6.07) is 12.2. The number of aryl methyl sites for hydroxylation is 2. The van der Waals surface area contributed by atoms with Crippen LogP contribution in [0, 0.1) is 24.0 Å². The molecule has 0 aliphatic carbocycles. The van der Waals surface area contributed by atoms with E-state index >= 15 is 0 Å². The highest BCUT2D eigenvalue weighted by atomic mass is 16.6. The molecule has 2 unspecified atom stereocenters. The summed E-state index contributed by atoms with van der Waals surface area (Å²) in [5, 5.41) is 13.8. The first-order valence-corrected chi connectivity index (χ1v) is 8.67. The number of benzene rings is 2. The lowest BCUT2D eigenvalue weighted by Gasteiger charge is -2.14. The predicted octanol–water partition coefficient (Wildman–Crippen LogP) is 2.27. The minimum Gasteiger partial charge on any atom is -0.483 e. The van der Waals surface area contributed by atoms with Crippen molar-refractivity contribution in [1.29, 1.82) is 0 Å². The number of nitrogens with one attached hydrogen (secondary N) is 3. The molecule has 1 saturated heterocycles. The molecule has 27 heavy (non-hydrogen) atoms. The highest BCUT2D eigenvalue weighted by Crippen LogP contribution is 2.24. The zero-order chi connectivity index (χ0) is 19.4. The van der Waals surface area contributed by atoms with Crippen LogP contribution in [0.5, 0.6) is 5.75 Å². The number of carbonyl (C=O) groups excluding carboxylic acids is 1. The van der Waals surface area contributed by atoms with E-state index in [9.17, 15) is 14.9 Å². The van der Waals surface area contributed by atoms with Crippen LogP contribution < -0.4 is 20.9 Å². The van der Waals surface area contributed by atoms with Gasteiger partial charge < -0.3 is 10.1 Å². The molecule has 3 N–H and O–H groups in total. The molecule has 0 spiro atoms. The van der Waals surface area contributed by atoms with Crippen LogP contribution in [0.3, 0.4) is 0 Å². The molecular weight excluding hydrogens is 348 g/mol. The summed E-state index contributed by atoms with van der Waals surface area (Å²) in [4.78, 5) is 22.7. The standard InChI is InChI=1S/C19H22N4O4/c1-12-6-7-13(2)17(8-12)27-11-19(24)20-18-10-16(21-22-18)14-4-3-5-15(9-14)23(25)26/h3-9,16,18,21-22H,10-11H2,1-2H3,(H,20,24). The topological polar surface area (TPSA) is 106 Å². The smallest absolute Gasteiger partial charge is 0.269 e. The minimum atomic E-state index is -0.421. The average Bonchev–Trinajstić information content (AvgIpc) is 3.11. The van der Waals surface area contributed by atoms with Crippen molar-refractivity contribution in [3.8, 4) is 5.75 Å². The number of ether oxygens (including phenoxy) is 1. The van der Waals surface area contributed by atoms with E-state index in [1.165, 1.54) is 12.1 Å². The Balaban J connectivity index is 1.52. The molecule has 2 atom stereocenters. The van der Waals surface area contributed by atoms with Gasteiger partial charge >= 0.3 is 0 Å². The molecule has 1 amide bonds. The van der Waals surface area contributed by atoms with Gasteiger partial charge in [0, 0.05) is 24.6 Å². The number of non-ortho nitro benzene ring substituents is 1. The van der Waals surface area contributed by atoms with E-state index in [-0.39, 0.29) is 30.4 Å². The zero-order valence-corrected chi connectivity index (χ0v) is 15.2. The first kappa shape index (κ1) is 18.8. The van der Waals surface area contributed by atoms with Crippen LogP contribution in [0.2, 0.25) is 0 Å². The Morgan fingerprint density at radius 3 is 2.85 bits per heavy atom. The Morgan fingerprint density at radius 1 is 1.26 bits per heavy atom. The van der Waals surface area contributed by atoms with E-state index in [1.807, 2.05) is 38.1 Å². The van der Waals surface area contributed by atoms with Crippen LogP contribution >= 0.6 is 0 Å². The summed E-state index contributed by atoms with van der Waals surface area (Å²) < 4.78 is 5.61. The number of nitro benzene ring substituents is 1. The van der Waals surface area contributed by atoms with Gasteiger partial charge in [-0.3, -0.25) is 14.9 Å². The van der Waals surface area contributed by atoms with Crippen molar-refractivity contribution >= 4 is 11.6 Å². The monoisotopic (exact) mass is 370 g/mol. The van der Waals surface area contributed by atoms with Crippen LogP contribution in [-0.2, 0) is 4.79 Å². The number of hydrogen-bond acceptors (Lipinski definition) is 6. The summed E-state index contributed by atoms with van der Waals surface area (Å²) in [7, 11) is 0. The molecule has 142 valence electrons. The highest BCUT2D eigenvalue weighted by molar-refractivity contribution is 5.77. The molecule has 0 bridgehead atoms. The number of nitro groups is 1. The largest absolute Gasteiger partial charge is 0.483 e. The van der Waals surface area contributed by atoms with Crippen LogP contribution in [0.15, 0.2) is 42.5 Å². The molecule has 1 fully saturated rings. The Morgan fingerprint density at radius 2 is 2.07 bits per heavy atom. The quantitative estimate of drug-likeness (QED) is 0.532. The number of rotatable bonds is 6. The molecule has 8 nitrogen and oxygen atoms in total. The predicted molar refractivity (Wildman–Crippen MR) is 100 cm³/mol.